The molecule has 0 saturated carbocycles. The first-order valence-corrected chi connectivity index (χ1v) is 7.49. The number of H-pyrrole nitrogens is 1. The van der Waals surface area contributed by atoms with E-state index in [1.54, 1.807) is 6.07 Å². The molecule has 0 unspecified atom stereocenters. The van der Waals surface area contributed by atoms with Gasteiger partial charge in [-0.25, -0.2) is 13.2 Å². The highest BCUT2D eigenvalue weighted by Crippen LogP contribution is 2.30. The summed E-state index contributed by atoms with van der Waals surface area (Å²) in [5.41, 5.74) is 0.742. The van der Waals surface area contributed by atoms with Gasteiger partial charge >= 0.3 is 0 Å². The van der Waals surface area contributed by atoms with E-state index in [2.05, 4.69) is 4.98 Å². The lowest BCUT2D eigenvalue weighted by molar-refractivity contribution is 0.578. The van der Waals surface area contributed by atoms with Crippen LogP contribution in [0.2, 0.25) is 5.02 Å². The van der Waals surface area contributed by atoms with Crippen molar-refractivity contribution in [2.75, 3.05) is 0 Å². The molecule has 0 aliphatic rings. The Hall–Kier alpha value is -1.06. The molecule has 0 fully saturated rings. The van der Waals surface area contributed by atoms with Crippen molar-refractivity contribution in [3.05, 3.63) is 55.1 Å². The van der Waals surface area contributed by atoms with E-state index in [4.69, 9.17) is 23.8 Å². The highest BCUT2D eigenvalue weighted by Gasteiger charge is 2.17. The first kappa shape index (κ1) is 14.9. The highest BCUT2D eigenvalue weighted by molar-refractivity contribution is 14.1. The molecule has 2 aromatic carbocycles. The fraction of sp³-hybridized carbons (Fsp3) is 0. The Morgan fingerprint density at radius 2 is 1.81 bits per heavy atom. The van der Waals surface area contributed by atoms with Crippen LogP contribution in [0.15, 0.2) is 24.3 Å². The molecule has 21 heavy (non-hydrogen) atoms. The number of nitrogens with one attached hydrogen (secondary N) is 1. The third-order valence-electron chi connectivity index (χ3n) is 2.93. The van der Waals surface area contributed by atoms with Crippen molar-refractivity contribution in [3.8, 4) is 5.69 Å². The van der Waals surface area contributed by atoms with Gasteiger partial charge in [0.25, 0.3) is 0 Å². The van der Waals surface area contributed by atoms with Crippen LogP contribution in [0, 0.1) is 25.8 Å². The predicted octanol–water partition coefficient (Wildman–Crippen LogP) is 5.36. The Morgan fingerprint density at radius 1 is 1.10 bits per heavy atom. The number of hydrogen-bond acceptors (Lipinski definition) is 1. The summed E-state index contributed by atoms with van der Waals surface area (Å²) in [6.07, 6.45) is 0. The molecule has 0 amide bonds. The smallest absolute Gasteiger partial charge is 0.182 e. The minimum Gasteiger partial charge on any atom is -0.330 e. The van der Waals surface area contributed by atoms with Gasteiger partial charge in [0.1, 0.15) is 17.3 Å². The molecule has 0 radical (unpaired) electrons. The largest absolute Gasteiger partial charge is 0.330 e. The van der Waals surface area contributed by atoms with E-state index in [1.165, 1.54) is 10.6 Å². The molecule has 3 rings (SSSR count). The molecule has 2 nitrogen and oxygen atoms in total. The van der Waals surface area contributed by atoms with Crippen LogP contribution in [0.3, 0.4) is 0 Å². The summed E-state index contributed by atoms with van der Waals surface area (Å²) in [7, 11) is 0. The van der Waals surface area contributed by atoms with Crippen LogP contribution in [0.4, 0.5) is 13.2 Å². The molecule has 0 saturated heterocycles. The SMILES string of the molecule is Fc1cc(F)c(-n2c(=S)[nH]c3cc(I)c(F)cc32)c(Cl)c1. The second-order valence-corrected chi connectivity index (χ2v) is 6.22. The lowest BCUT2D eigenvalue weighted by atomic mass is 10.2. The van der Waals surface area contributed by atoms with Crippen molar-refractivity contribution >= 4 is 57.4 Å². The van der Waals surface area contributed by atoms with Crippen molar-refractivity contribution in [2.45, 2.75) is 0 Å². The lowest BCUT2D eigenvalue weighted by Crippen LogP contribution is -2.00. The second-order valence-electron chi connectivity index (χ2n) is 4.27. The number of aromatic nitrogens is 2. The standard InChI is InChI=1S/C13H5ClF3IN2S/c14-6-1-5(15)2-8(17)12(6)20-11-3-7(16)9(18)4-10(11)19-13(20)21/h1-4H,(H,19,21). The third kappa shape index (κ3) is 2.47. The van der Waals surface area contributed by atoms with Gasteiger partial charge in [0.05, 0.1) is 19.6 Å². The maximum absolute atomic E-state index is 14.1. The van der Waals surface area contributed by atoms with Gasteiger partial charge in [-0.15, -0.1) is 0 Å². The van der Waals surface area contributed by atoms with Crippen molar-refractivity contribution < 1.29 is 13.2 Å². The first-order valence-electron chi connectivity index (χ1n) is 5.63. The lowest BCUT2D eigenvalue weighted by Gasteiger charge is -2.09. The molecule has 1 heterocycles. The Labute approximate surface area is 140 Å². The van der Waals surface area contributed by atoms with Crippen LogP contribution in [0.1, 0.15) is 0 Å². The number of rotatable bonds is 1. The Balaban J connectivity index is 2.44. The predicted molar refractivity (Wildman–Crippen MR) is 86.1 cm³/mol. The summed E-state index contributed by atoms with van der Waals surface area (Å²) >= 11 is 12.9. The van der Waals surface area contributed by atoms with Gasteiger partial charge in [0, 0.05) is 12.1 Å². The minimum atomic E-state index is -0.879. The van der Waals surface area contributed by atoms with Gasteiger partial charge in [-0.3, -0.25) is 4.57 Å². The third-order valence-corrected chi connectivity index (χ3v) is 4.33. The van der Waals surface area contributed by atoms with Crippen molar-refractivity contribution in [3.63, 3.8) is 0 Å². The van der Waals surface area contributed by atoms with Crippen LogP contribution in [0.5, 0.6) is 0 Å². The molecular formula is C13H5ClF3IN2S. The zero-order chi connectivity index (χ0) is 15.3. The van der Waals surface area contributed by atoms with Crippen LogP contribution < -0.4 is 0 Å². The molecule has 0 bridgehead atoms. The van der Waals surface area contributed by atoms with E-state index < -0.39 is 17.5 Å². The number of nitrogens with zero attached hydrogens (tertiary/aromatic N) is 1. The van der Waals surface area contributed by atoms with Crippen LogP contribution >= 0.6 is 46.4 Å². The second kappa shape index (κ2) is 5.29. The van der Waals surface area contributed by atoms with E-state index >= 15 is 0 Å². The fourth-order valence-electron chi connectivity index (χ4n) is 2.07. The van der Waals surface area contributed by atoms with Crippen LogP contribution in [-0.2, 0) is 0 Å². The maximum atomic E-state index is 14.1. The summed E-state index contributed by atoms with van der Waals surface area (Å²) < 4.78 is 42.8. The van der Waals surface area contributed by atoms with E-state index in [-0.39, 0.29) is 15.5 Å². The number of halogens is 5. The van der Waals surface area contributed by atoms with Crippen LogP contribution in [-0.4, -0.2) is 9.55 Å². The molecule has 8 heteroatoms. The van der Waals surface area contributed by atoms with Crippen LogP contribution in [0.25, 0.3) is 16.7 Å². The molecule has 1 aromatic heterocycles. The van der Waals surface area contributed by atoms with Gasteiger partial charge < -0.3 is 4.98 Å². The van der Waals surface area contributed by atoms with Crippen molar-refractivity contribution in [1.82, 2.24) is 9.55 Å². The molecule has 0 aliphatic carbocycles. The quantitative estimate of drug-likeness (QED) is 0.399. The first-order chi connectivity index (χ1) is 9.88. The molecule has 108 valence electrons. The molecule has 3 aromatic rings. The fourth-order valence-corrected chi connectivity index (χ4v) is 3.12. The van der Waals surface area contributed by atoms with Crippen molar-refractivity contribution in [2.24, 2.45) is 0 Å². The zero-order valence-electron chi connectivity index (χ0n) is 10.1. The summed E-state index contributed by atoms with van der Waals surface area (Å²) in [6.45, 7) is 0. The van der Waals surface area contributed by atoms with E-state index in [9.17, 15) is 13.2 Å². The van der Waals surface area contributed by atoms with E-state index in [1.807, 2.05) is 22.6 Å². The number of aromatic amines is 1. The number of hydrogen-bond donors (Lipinski definition) is 1. The summed E-state index contributed by atoms with van der Waals surface area (Å²) in [5.74, 6) is -2.14. The van der Waals surface area contributed by atoms with Gasteiger partial charge in [-0.2, -0.15) is 0 Å². The molecule has 0 aliphatic heterocycles. The Morgan fingerprint density at radius 3 is 2.48 bits per heavy atom. The normalized spacial score (nSPS) is 11.3. The van der Waals surface area contributed by atoms with Gasteiger partial charge in [0.2, 0.25) is 0 Å². The summed E-state index contributed by atoms with van der Waals surface area (Å²) in [4.78, 5) is 2.85. The monoisotopic (exact) mass is 440 g/mol. The zero-order valence-corrected chi connectivity index (χ0v) is 13.8. The molecule has 0 spiro atoms. The topological polar surface area (TPSA) is 20.7 Å². The average molecular weight is 441 g/mol. The number of benzene rings is 2. The van der Waals surface area contributed by atoms with E-state index in [0.717, 1.165) is 6.07 Å². The summed E-state index contributed by atoms with van der Waals surface area (Å²) in [5, 5.41) is -0.150. The summed E-state index contributed by atoms with van der Waals surface area (Å²) in [6, 6.07) is 4.45. The number of fused-ring (bicyclic) bond motifs is 1. The maximum Gasteiger partial charge on any atom is 0.182 e. The Bertz CT molecular complexity index is 912. The minimum absolute atomic E-state index is 0.116. The van der Waals surface area contributed by atoms with Gasteiger partial charge in [0.15, 0.2) is 10.6 Å². The van der Waals surface area contributed by atoms with Gasteiger partial charge in [-0.1, -0.05) is 11.6 Å². The van der Waals surface area contributed by atoms with Crippen molar-refractivity contribution in [1.29, 1.82) is 0 Å². The van der Waals surface area contributed by atoms with E-state index in [0.29, 0.717) is 20.7 Å². The molecular weight excluding hydrogens is 436 g/mol. The Kier molecular flexibility index (Phi) is 3.74. The highest BCUT2D eigenvalue weighted by atomic mass is 127. The molecule has 0 atom stereocenters. The molecule has 1 N–H and O–H groups in total. The van der Waals surface area contributed by atoms with Gasteiger partial charge in [-0.05, 0) is 46.9 Å². The average Bonchev–Trinajstić information content (AvgIpc) is 2.66. The number of imidazole rings is 1.